The molecule has 0 radical (unpaired) electrons. The number of likely N-dealkylation sites (N-methyl/N-ethyl adjacent to an activating group) is 1. The Kier molecular flexibility index (Phi) is 23.4. The van der Waals surface area contributed by atoms with Crippen molar-refractivity contribution >= 4 is 49.9 Å². The molecule has 7 N–H and O–H groups in total. The lowest BCUT2D eigenvalue weighted by Gasteiger charge is -2.39. The number of nitrogens with two attached hydrogens (primary N) is 1. The number of carbonyl (C=O) groups excluding carboxylic acids is 6. The summed E-state index contributed by atoms with van der Waals surface area (Å²) in [6.07, 6.45) is -3.85. The molecule has 10 atom stereocenters. The second-order valence-corrected chi connectivity index (χ2v) is 15.4. The second kappa shape index (κ2) is 27.0. The summed E-state index contributed by atoms with van der Waals surface area (Å²) in [7, 11) is -3.15. The maximum Gasteiger partial charge on any atom is 0.472 e. The van der Waals surface area contributed by atoms with Gasteiger partial charge in [0.1, 0.15) is 36.9 Å². The highest BCUT2D eigenvalue weighted by atomic mass is 31.2. The van der Waals surface area contributed by atoms with Gasteiger partial charge in [-0.1, -0.05) is 13.3 Å². The van der Waals surface area contributed by atoms with E-state index in [1.807, 2.05) is 5.32 Å². The molecular formula is C36H60N5O18P. The first-order chi connectivity index (χ1) is 28.4. The van der Waals surface area contributed by atoms with Crippen LogP contribution in [0, 0.1) is 5.92 Å². The number of ether oxygens (including phenoxy) is 6. The molecule has 2 aliphatic heterocycles. The fourth-order valence-corrected chi connectivity index (χ4v) is 7.11. The van der Waals surface area contributed by atoms with E-state index in [9.17, 15) is 48.4 Å². The Labute approximate surface area is 348 Å². The van der Waals surface area contributed by atoms with Crippen LogP contribution in [-0.2, 0) is 66.0 Å². The highest BCUT2D eigenvalue weighted by Gasteiger charge is 2.48. The summed E-state index contributed by atoms with van der Waals surface area (Å²) in [5, 5.41) is 25.5. The summed E-state index contributed by atoms with van der Waals surface area (Å²) in [6.45, 7) is 4.67. The van der Waals surface area contributed by atoms with Gasteiger partial charge >= 0.3 is 25.9 Å². The summed E-state index contributed by atoms with van der Waals surface area (Å²) in [6, 6.07) is 0. The molecule has 2 rings (SSSR count). The molecule has 0 aromatic heterocycles. The number of imide groups is 1. The number of phosphoric ester groups is 1. The van der Waals surface area contributed by atoms with E-state index in [4.69, 9.17) is 43.2 Å². The minimum atomic E-state index is -4.71. The van der Waals surface area contributed by atoms with Gasteiger partial charge in [0.25, 0.3) is 0 Å². The molecule has 23 nitrogen and oxygen atoms in total. The number of phosphoric acid groups is 1. The van der Waals surface area contributed by atoms with E-state index >= 15 is 0 Å². The Morgan fingerprint density at radius 2 is 1.77 bits per heavy atom. The standard InChI is InChI=1S/C36H60N5O18P/c1-6-26-34(32(48)35(57-26)41(5)15-13-29(37)39-21-43)59-60(50,51)54-19-25(18-42)11-7-9-14-38-30(47)12-8-10-16-52-31-17-27(58-36(49)40-22(2)44)33(55-24(4)46)28(56-31)20-53-23(3)45/h13,15,21,25-28,31-35,42,48H,6-12,14,16-20H2,1-5H3,(H,38,47)(H,50,51)(H2,37,39,43)(H,40,44,49)/b15-13-. The number of amidine groups is 1. The Morgan fingerprint density at radius 1 is 1.03 bits per heavy atom. The van der Waals surface area contributed by atoms with Crippen molar-refractivity contribution in [2.45, 2.75) is 128 Å². The van der Waals surface area contributed by atoms with Gasteiger partial charge in [-0.15, -0.1) is 0 Å². The molecule has 0 aromatic carbocycles. The van der Waals surface area contributed by atoms with Gasteiger partial charge in [0, 0.05) is 72.5 Å². The summed E-state index contributed by atoms with van der Waals surface area (Å²) in [5.74, 6) is -2.80. The number of nitrogens with one attached hydrogen (secondary N) is 2. The third kappa shape index (κ3) is 19.5. The number of amides is 4. The van der Waals surface area contributed by atoms with E-state index < -0.39 is 86.8 Å². The number of hydrogen-bond donors (Lipinski definition) is 6. The Bertz CT molecular complexity index is 1520. The van der Waals surface area contributed by atoms with E-state index in [2.05, 4.69) is 10.3 Å². The first-order valence-corrected chi connectivity index (χ1v) is 21.0. The monoisotopic (exact) mass is 881 g/mol. The molecule has 4 amide bonds. The molecule has 0 saturated carbocycles. The van der Waals surface area contributed by atoms with Crippen molar-refractivity contribution < 1.29 is 85.9 Å². The number of aliphatic hydroxyl groups is 2. The van der Waals surface area contributed by atoms with Gasteiger partial charge in [0.15, 0.2) is 18.6 Å². The molecule has 2 aliphatic rings. The zero-order valence-corrected chi connectivity index (χ0v) is 35.4. The molecule has 0 bridgehead atoms. The number of rotatable bonds is 26. The summed E-state index contributed by atoms with van der Waals surface area (Å²) < 4.78 is 56.5. The van der Waals surface area contributed by atoms with Gasteiger partial charge in [-0.25, -0.2) is 9.36 Å². The van der Waals surface area contributed by atoms with Gasteiger partial charge in [-0.2, -0.15) is 4.99 Å². The molecule has 0 aromatic rings. The Hall–Kier alpha value is -4.06. The van der Waals surface area contributed by atoms with Crippen molar-refractivity contribution in [2.24, 2.45) is 16.6 Å². The Morgan fingerprint density at radius 3 is 2.40 bits per heavy atom. The van der Waals surface area contributed by atoms with Gasteiger partial charge in [-0.05, 0) is 38.2 Å². The topological polar surface area (TPSA) is 320 Å². The van der Waals surface area contributed by atoms with Crippen LogP contribution in [0.2, 0.25) is 0 Å². The molecule has 0 aliphatic carbocycles. The minimum Gasteiger partial charge on any atom is -0.463 e. The molecule has 60 heavy (non-hydrogen) atoms. The van der Waals surface area contributed by atoms with Crippen molar-refractivity contribution in [3.05, 3.63) is 12.3 Å². The van der Waals surface area contributed by atoms with Gasteiger partial charge in [0.2, 0.25) is 18.2 Å². The van der Waals surface area contributed by atoms with Crippen LogP contribution >= 0.6 is 7.82 Å². The van der Waals surface area contributed by atoms with Crippen molar-refractivity contribution in [3.63, 3.8) is 0 Å². The number of aliphatic hydroxyl groups excluding tert-OH is 2. The van der Waals surface area contributed by atoms with E-state index in [-0.39, 0.29) is 57.4 Å². The van der Waals surface area contributed by atoms with E-state index in [1.54, 1.807) is 14.0 Å². The van der Waals surface area contributed by atoms with Crippen LogP contribution in [0.1, 0.15) is 79.1 Å². The molecule has 2 fully saturated rings. The number of aliphatic imine (C=N–C) groups is 1. The fourth-order valence-electron chi connectivity index (χ4n) is 6.09. The van der Waals surface area contributed by atoms with Gasteiger partial charge in [-0.3, -0.25) is 38.3 Å². The zero-order valence-electron chi connectivity index (χ0n) is 34.5. The predicted octanol–water partition coefficient (Wildman–Crippen LogP) is 0.277. The van der Waals surface area contributed by atoms with Crippen molar-refractivity contribution in [1.82, 2.24) is 15.5 Å². The molecule has 342 valence electrons. The first-order valence-electron chi connectivity index (χ1n) is 19.5. The van der Waals surface area contributed by atoms with Crippen LogP contribution in [0.25, 0.3) is 0 Å². The maximum absolute atomic E-state index is 12.8. The fraction of sp³-hybridized carbons (Fsp3) is 0.750. The average Bonchev–Trinajstić information content (AvgIpc) is 3.48. The van der Waals surface area contributed by atoms with E-state index in [0.717, 1.165) is 13.8 Å². The number of carbonyl (C=O) groups is 6. The predicted molar refractivity (Wildman–Crippen MR) is 207 cm³/mol. The number of alkyl carbamates (subject to hydrolysis) is 1. The third-order valence-corrected chi connectivity index (χ3v) is 10.0. The van der Waals surface area contributed by atoms with Crippen LogP contribution in [0.15, 0.2) is 17.3 Å². The SMILES string of the molecule is CCC1OC(N(C)/C=C\C(N)=NC=O)C(O)C1OP(=O)(O)OCC(CO)CCCCNC(=O)CCCCOC1CC(OC(=O)NC(C)=O)C(OC(C)=O)C(COC(C)=O)O1. The summed E-state index contributed by atoms with van der Waals surface area (Å²) in [5.41, 5.74) is 5.56. The highest BCUT2D eigenvalue weighted by molar-refractivity contribution is 7.47. The quantitative estimate of drug-likeness (QED) is 0.0129. The number of esters is 2. The average molecular weight is 882 g/mol. The molecule has 0 spiro atoms. The lowest BCUT2D eigenvalue weighted by atomic mass is 10.0. The normalized spacial score (nSPS) is 25.8. The summed E-state index contributed by atoms with van der Waals surface area (Å²) >= 11 is 0. The van der Waals surface area contributed by atoms with Crippen molar-refractivity contribution in [1.29, 1.82) is 0 Å². The van der Waals surface area contributed by atoms with Crippen LogP contribution in [-0.4, -0.2) is 151 Å². The van der Waals surface area contributed by atoms with Gasteiger partial charge in [0.05, 0.1) is 12.7 Å². The number of unbranched alkanes of at least 4 members (excludes halogenated alkanes) is 2. The van der Waals surface area contributed by atoms with Crippen molar-refractivity contribution in [2.75, 3.05) is 40.0 Å². The third-order valence-electron chi connectivity index (χ3n) is 9.02. The van der Waals surface area contributed by atoms with Crippen LogP contribution in [0.5, 0.6) is 0 Å². The summed E-state index contributed by atoms with van der Waals surface area (Å²) in [4.78, 5) is 84.9. The molecule has 2 saturated heterocycles. The first kappa shape index (κ1) is 52.1. The smallest absolute Gasteiger partial charge is 0.463 e. The lowest BCUT2D eigenvalue weighted by molar-refractivity contribution is -0.262. The van der Waals surface area contributed by atoms with E-state index in [1.165, 1.54) is 24.1 Å². The lowest BCUT2D eigenvalue weighted by Crippen LogP contribution is -2.55. The Balaban J connectivity index is 1.73. The molecule has 10 unspecified atom stereocenters. The number of hydrogen-bond acceptors (Lipinski definition) is 18. The largest absolute Gasteiger partial charge is 0.472 e. The van der Waals surface area contributed by atoms with Crippen LogP contribution in [0.3, 0.4) is 0 Å². The highest BCUT2D eigenvalue weighted by Crippen LogP contribution is 2.48. The van der Waals surface area contributed by atoms with Crippen LogP contribution in [0.4, 0.5) is 4.79 Å². The molecule has 2 heterocycles. The van der Waals surface area contributed by atoms with E-state index in [0.29, 0.717) is 45.1 Å². The maximum atomic E-state index is 12.8. The molecule has 24 heteroatoms. The van der Waals surface area contributed by atoms with Crippen LogP contribution < -0.4 is 16.4 Å². The molecular weight excluding hydrogens is 821 g/mol. The number of nitrogens with zero attached hydrogens (tertiary/aromatic N) is 2. The second-order valence-electron chi connectivity index (χ2n) is 14.0. The van der Waals surface area contributed by atoms with Gasteiger partial charge < -0.3 is 59.5 Å². The zero-order chi connectivity index (χ0) is 44.8. The minimum absolute atomic E-state index is 0.0767. The van der Waals surface area contributed by atoms with Crippen molar-refractivity contribution in [3.8, 4) is 0 Å².